The molecule has 3 rings (SSSR count). The molecule has 0 saturated carbocycles. The van der Waals surface area contributed by atoms with Crippen LogP contribution in [0.3, 0.4) is 0 Å². The molecule has 108 valence electrons. The van der Waals surface area contributed by atoms with Gasteiger partial charge in [-0.1, -0.05) is 12.1 Å². The van der Waals surface area contributed by atoms with Gasteiger partial charge in [0.25, 0.3) is 0 Å². The Hall–Kier alpha value is -1.39. The van der Waals surface area contributed by atoms with E-state index in [9.17, 15) is 9.90 Å². The lowest BCUT2D eigenvalue weighted by atomic mass is 9.95. The molecule has 20 heavy (non-hydrogen) atoms. The van der Waals surface area contributed by atoms with Gasteiger partial charge in [-0.2, -0.15) is 0 Å². The topological polar surface area (TPSA) is 58.6 Å². The number of carbonyl (C=O) groups is 1. The molecule has 4 nitrogen and oxygen atoms in total. The second kappa shape index (κ2) is 5.94. The van der Waals surface area contributed by atoms with E-state index in [1.54, 1.807) is 0 Å². The number of nitrogens with one attached hydrogen (secondary N) is 1. The molecule has 1 fully saturated rings. The molecule has 2 aliphatic heterocycles. The summed E-state index contributed by atoms with van der Waals surface area (Å²) in [5.74, 6) is 0.0765. The fourth-order valence-electron chi connectivity index (χ4n) is 3.01. The number of aryl methyl sites for hydroxylation is 1. The first-order chi connectivity index (χ1) is 9.74. The van der Waals surface area contributed by atoms with Gasteiger partial charge in [-0.15, -0.1) is 0 Å². The highest BCUT2D eigenvalue weighted by Gasteiger charge is 2.25. The Labute approximate surface area is 119 Å². The number of carbonyl (C=O) groups excluding carboxylic acids is 1. The van der Waals surface area contributed by atoms with Crippen LogP contribution in [0.4, 0.5) is 5.69 Å². The maximum atomic E-state index is 11.5. The first-order valence-corrected chi connectivity index (χ1v) is 7.46. The highest BCUT2D eigenvalue weighted by Crippen LogP contribution is 2.30. The van der Waals surface area contributed by atoms with Crippen LogP contribution in [0.1, 0.15) is 49.3 Å². The SMILES string of the molecule is O=C1CCCc2cc(C(O)C3CCCCO3)ccc2N1. The predicted octanol–water partition coefficient (Wildman–Crippen LogP) is 2.56. The zero-order valence-corrected chi connectivity index (χ0v) is 11.6. The minimum Gasteiger partial charge on any atom is -0.386 e. The number of ether oxygens (including phenoxy) is 1. The number of fused-ring (bicyclic) bond motifs is 1. The molecular formula is C16H21NO3. The van der Waals surface area contributed by atoms with Crippen LogP contribution in [0.25, 0.3) is 0 Å². The number of hydrogen-bond donors (Lipinski definition) is 2. The van der Waals surface area contributed by atoms with Crippen molar-refractivity contribution >= 4 is 11.6 Å². The number of benzene rings is 1. The predicted molar refractivity (Wildman–Crippen MR) is 76.6 cm³/mol. The molecule has 1 aromatic rings. The Morgan fingerprint density at radius 3 is 2.95 bits per heavy atom. The van der Waals surface area contributed by atoms with Gasteiger partial charge in [0.15, 0.2) is 0 Å². The van der Waals surface area contributed by atoms with Gasteiger partial charge >= 0.3 is 0 Å². The molecule has 0 radical (unpaired) electrons. The van der Waals surface area contributed by atoms with Crippen molar-refractivity contribution in [3.8, 4) is 0 Å². The third-order valence-corrected chi connectivity index (χ3v) is 4.16. The van der Waals surface area contributed by atoms with Gasteiger partial charge in [-0.05, 0) is 49.3 Å². The van der Waals surface area contributed by atoms with Gasteiger partial charge in [0.1, 0.15) is 6.10 Å². The molecule has 2 N–H and O–H groups in total. The van der Waals surface area contributed by atoms with E-state index in [0.29, 0.717) is 6.42 Å². The van der Waals surface area contributed by atoms with Gasteiger partial charge in [0.2, 0.25) is 5.91 Å². The lowest BCUT2D eigenvalue weighted by molar-refractivity contribution is -0.116. The van der Waals surface area contributed by atoms with Crippen molar-refractivity contribution in [2.45, 2.75) is 50.7 Å². The molecule has 0 aliphatic carbocycles. The average Bonchev–Trinajstić information content (AvgIpc) is 2.67. The van der Waals surface area contributed by atoms with Crippen LogP contribution in [-0.2, 0) is 16.0 Å². The van der Waals surface area contributed by atoms with E-state index in [0.717, 1.165) is 55.5 Å². The quantitative estimate of drug-likeness (QED) is 0.872. The monoisotopic (exact) mass is 275 g/mol. The van der Waals surface area contributed by atoms with Gasteiger partial charge in [0.05, 0.1) is 6.10 Å². The normalized spacial score (nSPS) is 24.4. The van der Waals surface area contributed by atoms with E-state index in [-0.39, 0.29) is 12.0 Å². The van der Waals surface area contributed by atoms with Gasteiger partial charge in [-0.25, -0.2) is 0 Å². The minimum absolute atomic E-state index is 0.0765. The van der Waals surface area contributed by atoms with Crippen LogP contribution in [0, 0.1) is 0 Å². The zero-order chi connectivity index (χ0) is 13.9. The number of aliphatic hydroxyl groups is 1. The van der Waals surface area contributed by atoms with E-state index in [2.05, 4.69) is 5.32 Å². The van der Waals surface area contributed by atoms with Crippen molar-refractivity contribution in [2.75, 3.05) is 11.9 Å². The average molecular weight is 275 g/mol. The van der Waals surface area contributed by atoms with Crippen molar-refractivity contribution in [3.63, 3.8) is 0 Å². The summed E-state index contributed by atoms with van der Waals surface area (Å²) >= 11 is 0. The highest BCUT2D eigenvalue weighted by atomic mass is 16.5. The largest absolute Gasteiger partial charge is 0.386 e. The fraction of sp³-hybridized carbons (Fsp3) is 0.562. The molecule has 1 aromatic carbocycles. The molecule has 0 aromatic heterocycles. The summed E-state index contributed by atoms with van der Waals surface area (Å²) in [5.41, 5.74) is 2.89. The smallest absolute Gasteiger partial charge is 0.224 e. The van der Waals surface area contributed by atoms with Gasteiger partial charge in [-0.3, -0.25) is 4.79 Å². The Kier molecular flexibility index (Phi) is 4.03. The second-order valence-electron chi connectivity index (χ2n) is 5.67. The Morgan fingerprint density at radius 1 is 1.25 bits per heavy atom. The van der Waals surface area contributed by atoms with Gasteiger partial charge in [0, 0.05) is 18.7 Å². The van der Waals surface area contributed by atoms with E-state index < -0.39 is 6.10 Å². The third-order valence-electron chi connectivity index (χ3n) is 4.16. The molecule has 4 heteroatoms. The van der Waals surface area contributed by atoms with Gasteiger partial charge < -0.3 is 15.2 Å². The number of hydrogen-bond acceptors (Lipinski definition) is 3. The Bertz CT molecular complexity index is 494. The first kappa shape index (κ1) is 13.6. The summed E-state index contributed by atoms with van der Waals surface area (Å²) < 4.78 is 5.66. The Morgan fingerprint density at radius 2 is 2.15 bits per heavy atom. The summed E-state index contributed by atoms with van der Waals surface area (Å²) in [7, 11) is 0. The lowest BCUT2D eigenvalue weighted by Crippen LogP contribution is -2.26. The molecule has 2 aliphatic rings. The van der Waals surface area contributed by atoms with Crippen molar-refractivity contribution in [1.82, 2.24) is 0 Å². The van der Waals surface area contributed by atoms with Crippen LogP contribution in [0.5, 0.6) is 0 Å². The molecule has 1 saturated heterocycles. The van der Waals surface area contributed by atoms with E-state index in [4.69, 9.17) is 4.74 Å². The molecule has 2 heterocycles. The van der Waals surface area contributed by atoms with Crippen molar-refractivity contribution in [2.24, 2.45) is 0 Å². The number of aliphatic hydroxyl groups excluding tert-OH is 1. The molecule has 2 unspecified atom stereocenters. The molecular weight excluding hydrogens is 254 g/mol. The van der Waals surface area contributed by atoms with Crippen molar-refractivity contribution < 1.29 is 14.6 Å². The lowest BCUT2D eigenvalue weighted by Gasteiger charge is -2.27. The molecule has 0 spiro atoms. The maximum absolute atomic E-state index is 11.5. The summed E-state index contributed by atoms with van der Waals surface area (Å²) in [4.78, 5) is 11.5. The minimum atomic E-state index is -0.570. The van der Waals surface area contributed by atoms with E-state index >= 15 is 0 Å². The number of amides is 1. The Balaban J connectivity index is 1.80. The van der Waals surface area contributed by atoms with Crippen molar-refractivity contribution in [1.29, 1.82) is 0 Å². The summed E-state index contributed by atoms with van der Waals surface area (Å²) in [6, 6.07) is 5.82. The van der Waals surface area contributed by atoms with Crippen LogP contribution < -0.4 is 5.32 Å². The second-order valence-corrected chi connectivity index (χ2v) is 5.67. The number of rotatable bonds is 2. The number of anilines is 1. The summed E-state index contributed by atoms with van der Waals surface area (Å²) in [6.45, 7) is 0.739. The summed E-state index contributed by atoms with van der Waals surface area (Å²) in [6.07, 6.45) is 4.75. The highest BCUT2D eigenvalue weighted by molar-refractivity contribution is 5.92. The van der Waals surface area contributed by atoms with Crippen molar-refractivity contribution in [3.05, 3.63) is 29.3 Å². The molecule has 2 atom stereocenters. The van der Waals surface area contributed by atoms with E-state index in [1.807, 2.05) is 18.2 Å². The molecule has 0 bridgehead atoms. The molecule has 1 amide bonds. The maximum Gasteiger partial charge on any atom is 0.224 e. The first-order valence-electron chi connectivity index (χ1n) is 7.46. The fourth-order valence-corrected chi connectivity index (χ4v) is 3.01. The van der Waals surface area contributed by atoms with Crippen LogP contribution in [0.15, 0.2) is 18.2 Å². The third kappa shape index (κ3) is 2.86. The summed E-state index contributed by atoms with van der Waals surface area (Å²) in [5, 5.41) is 13.4. The standard InChI is InChI=1S/C16H21NO3/c18-15-6-3-4-11-10-12(7-8-13(11)17-15)16(19)14-5-1-2-9-20-14/h7-8,10,14,16,19H,1-6,9H2,(H,17,18). The zero-order valence-electron chi connectivity index (χ0n) is 11.6. The van der Waals surface area contributed by atoms with Crippen LogP contribution >= 0.6 is 0 Å². The van der Waals surface area contributed by atoms with E-state index in [1.165, 1.54) is 0 Å². The van der Waals surface area contributed by atoms with Crippen LogP contribution in [0.2, 0.25) is 0 Å². The van der Waals surface area contributed by atoms with Crippen LogP contribution in [-0.4, -0.2) is 23.7 Å².